The molecule has 0 saturated heterocycles. The van der Waals surface area contributed by atoms with Crippen molar-refractivity contribution in [3.8, 4) is 11.4 Å². The number of hydrogen-bond acceptors (Lipinski definition) is 2. The maximum Gasteiger partial charge on any atom is 0.138 e. The maximum atomic E-state index is 12.8. The first-order valence-electron chi connectivity index (χ1n) is 5.23. The Labute approximate surface area is 109 Å². The summed E-state index contributed by atoms with van der Waals surface area (Å²) < 4.78 is 12.8. The Morgan fingerprint density at radius 2 is 1.78 bits per heavy atom. The van der Waals surface area contributed by atoms with Crippen molar-refractivity contribution in [2.45, 2.75) is 0 Å². The zero-order valence-corrected chi connectivity index (χ0v) is 10.2. The van der Waals surface area contributed by atoms with Gasteiger partial charge in [-0.3, -0.25) is 0 Å². The van der Waals surface area contributed by atoms with Gasteiger partial charge in [-0.25, -0.2) is 9.37 Å². The van der Waals surface area contributed by atoms with Gasteiger partial charge < -0.3 is 10.7 Å². The van der Waals surface area contributed by atoms with Gasteiger partial charge in [0.2, 0.25) is 0 Å². The highest BCUT2D eigenvalue weighted by molar-refractivity contribution is 5.85. The molecule has 3 rings (SSSR count). The van der Waals surface area contributed by atoms with E-state index in [-0.39, 0.29) is 18.2 Å². The number of fused-ring (bicyclic) bond motifs is 1. The van der Waals surface area contributed by atoms with E-state index in [0.717, 1.165) is 16.6 Å². The number of anilines is 1. The van der Waals surface area contributed by atoms with Crippen molar-refractivity contribution in [3.63, 3.8) is 0 Å². The molecule has 0 saturated carbocycles. The standard InChI is InChI=1S/C13H10FN3.ClH/c14-9-3-1-8(2-4-9)13-16-11-6-5-10(15)7-12(11)17-13;/h1-7H,15H2,(H,16,17);1H. The molecule has 0 unspecified atom stereocenters. The molecule has 0 aliphatic carbocycles. The quantitative estimate of drug-likeness (QED) is 0.662. The lowest BCUT2D eigenvalue weighted by Gasteiger charge is -1.94. The lowest BCUT2D eigenvalue weighted by molar-refractivity contribution is 0.628. The fraction of sp³-hybridized carbons (Fsp3) is 0. The van der Waals surface area contributed by atoms with Crippen molar-refractivity contribution in [1.82, 2.24) is 9.97 Å². The molecule has 0 atom stereocenters. The summed E-state index contributed by atoms with van der Waals surface area (Å²) in [4.78, 5) is 7.58. The monoisotopic (exact) mass is 263 g/mol. The summed E-state index contributed by atoms with van der Waals surface area (Å²) in [6.45, 7) is 0. The molecule has 3 nitrogen and oxygen atoms in total. The molecule has 92 valence electrons. The zero-order chi connectivity index (χ0) is 11.8. The Kier molecular flexibility index (Phi) is 3.21. The van der Waals surface area contributed by atoms with E-state index in [4.69, 9.17) is 5.73 Å². The Morgan fingerprint density at radius 1 is 1.06 bits per heavy atom. The van der Waals surface area contributed by atoms with Gasteiger partial charge in [0.05, 0.1) is 11.0 Å². The van der Waals surface area contributed by atoms with Gasteiger partial charge in [0.15, 0.2) is 0 Å². The third-order valence-corrected chi connectivity index (χ3v) is 2.62. The minimum absolute atomic E-state index is 0. The Morgan fingerprint density at radius 3 is 2.50 bits per heavy atom. The third-order valence-electron chi connectivity index (χ3n) is 2.62. The van der Waals surface area contributed by atoms with Gasteiger partial charge in [0.25, 0.3) is 0 Å². The highest BCUT2D eigenvalue weighted by atomic mass is 35.5. The first-order valence-corrected chi connectivity index (χ1v) is 5.23. The first-order chi connectivity index (χ1) is 8.22. The maximum absolute atomic E-state index is 12.8. The van der Waals surface area contributed by atoms with Crippen LogP contribution in [0.25, 0.3) is 22.4 Å². The molecule has 0 bridgehead atoms. The van der Waals surface area contributed by atoms with Crippen LogP contribution in [0, 0.1) is 5.82 Å². The van der Waals surface area contributed by atoms with E-state index in [2.05, 4.69) is 9.97 Å². The van der Waals surface area contributed by atoms with Crippen molar-refractivity contribution < 1.29 is 4.39 Å². The SMILES string of the molecule is Cl.Nc1ccc2nc(-c3ccc(F)cc3)[nH]c2c1. The number of nitrogen functional groups attached to an aromatic ring is 1. The predicted molar refractivity (Wildman–Crippen MR) is 73.1 cm³/mol. The Hall–Kier alpha value is -2.07. The van der Waals surface area contributed by atoms with Crippen LogP contribution in [-0.4, -0.2) is 9.97 Å². The summed E-state index contributed by atoms with van der Waals surface area (Å²) in [6.07, 6.45) is 0. The minimum atomic E-state index is -0.255. The lowest BCUT2D eigenvalue weighted by atomic mass is 10.2. The van der Waals surface area contributed by atoms with Crippen LogP contribution in [0.15, 0.2) is 42.5 Å². The van der Waals surface area contributed by atoms with Crippen LogP contribution >= 0.6 is 12.4 Å². The summed E-state index contributed by atoms with van der Waals surface area (Å²) >= 11 is 0. The minimum Gasteiger partial charge on any atom is -0.399 e. The summed E-state index contributed by atoms with van der Waals surface area (Å²) in [5.41, 5.74) is 8.95. The Bertz CT molecular complexity index is 676. The molecule has 3 N–H and O–H groups in total. The van der Waals surface area contributed by atoms with Crippen molar-refractivity contribution in [3.05, 3.63) is 48.3 Å². The number of nitrogens with zero attached hydrogens (tertiary/aromatic N) is 1. The number of H-pyrrole nitrogens is 1. The third kappa shape index (κ3) is 2.15. The fourth-order valence-corrected chi connectivity index (χ4v) is 1.77. The van der Waals surface area contributed by atoms with E-state index >= 15 is 0 Å². The van der Waals surface area contributed by atoms with E-state index in [1.807, 2.05) is 12.1 Å². The van der Waals surface area contributed by atoms with Crippen LogP contribution in [0.2, 0.25) is 0 Å². The van der Waals surface area contributed by atoms with Crippen LogP contribution in [0.4, 0.5) is 10.1 Å². The van der Waals surface area contributed by atoms with Gasteiger partial charge >= 0.3 is 0 Å². The van der Waals surface area contributed by atoms with Gasteiger partial charge in [-0.2, -0.15) is 0 Å². The summed E-state index contributed by atoms with van der Waals surface area (Å²) in [5.74, 6) is 0.458. The number of aromatic amines is 1. The summed E-state index contributed by atoms with van der Waals surface area (Å²) in [6, 6.07) is 11.7. The molecule has 3 aromatic rings. The number of nitrogens with one attached hydrogen (secondary N) is 1. The largest absolute Gasteiger partial charge is 0.399 e. The molecular weight excluding hydrogens is 253 g/mol. The fourth-order valence-electron chi connectivity index (χ4n) is 1.77. The number of rotatable bonds is 1. The smallest absolute Gasteiger partial charge is 0.138 e. The molecule has 0 fully saturated rings. The second-order valence-electron chi connectivity index (χ2n) is 3.87. The van der Waals surface area contributed by atoms with Crippen molar-refractivity contribution >= 4 is 29.1 Å². The van der Waals surface area contributed by atoms with Gasteiger partial charge in [-0.1, -0.05) is 0 Å². The van der Waals surface area contributed by atoms with Crippen LogP contribution in [0.3, 0.4) is 0 Å². The van der Waals surface area contributed by atoms with E-state index in [0.29, 0.717) is 11.5 Å². The molecule has 5 heteroatoms. The number of benzene rings is 2. The van der Waals surface area contributed by atoms with Crippen molar-refractivity contribution in [2.24, 2.45) is 0 Å². The summed E-state index contributed by atoms with van der Waals surface area (Å²) in [5, 5.41) is 0. The molecule has 0 aliphatic rings. The Balaban J connectivity index is 0.00000120. The highest BCUT2D eigenvalue weighted by Crippen LogP contribution is 2.21. The molecular formula is C13H11ClFN3. The lowest BCUT2D eigenvalue weighted by Crippen LogP contribution is -1.82. The van der Waals surface area contributed by atoms with E-state index in [9.17, 15) is 4.39 Å². The average molecular weight is 264 g/mol. The molecule has 0 aliphatic heterocycles. The molecule has 18 heavy (non-hydrogen) atoms. The van der Waals surface area contributed by atoms with Crippen molar-refractivity contribution in [2.75, 3.05) is 5.73 Å². The molecule has 0 spiro atoms. The average Bonchev–Trinajstić information content (AvgIpc) is 2.72. The molecule has 0 amide bonds. The van der Waals surface area contributed by atoms with Crippen molar-refractivity contribution in [1.29, 1.82) is 0 Å². The van der Waals surface area contributed by atoms with Gasteiger partial charge in [0.1, 0.15) is 11.6 Å². The molecule has 1 heterocycles. The second kappa shape index (κ2) is 4.66. The number of halogens is 2. The highest BCUT2D eigenvalue weighted by Gasteiger charge is 2.05. The van der Waals surface area contributed by atoms with Crippen LogP contribution in [0.5, 0.6) is 0 Å². The number of imidazole rings is 1. The van der Waals surface area contributed by atoms with Crippen LogP contribution in [0.1, 0.15) is 0 Å². The second-order valence-corrected chi connectivity index (χ2v) is 3.87. The normalized spacial score (nSPS) is 10.3. The summed E-state index contributed by atoms with van der Waals surface area (Å²) in [7, 11) is 0. The number of nitrogens with two attached hydrogens (primary N) is 1. The molecule has 0 radical (unpaired) electrons. The van der Waals surface area contributed by atoms with E-state index in [1.165, 1.54) is 12.1 Å². The predicted octanol–water partition coefficient (Wildman–Crippen LogP) is 3.37. The van der Waals surface area contributed by atoms with E-state index in [1.54, 1.807) is 18.2 Å². The van der Waals surface area contributed by atoms with E-state index < -0.39 is 0 Å². The zero-order valence-electron chi connectivity index (χ0n) is 9.35. The van der Waals surface area contributed by atoms with Gasteiger partial charge in [-0.15, -0.1) is 12.4 Å². The molecule has 2 aromatic carbocycles. The first kappa shape index (κ1) is 12.4. The molecule has 1 aromatic heterocycles. The van der Waals surface area contributed by atoms with Gasteiger partial charge in [0, 0.05) is 11.3 Å². The topological polar surface area (TPSA) is 54.7 Å². The van der Waals surface area contributed by atoms with Crippen LogP contribution < -0.4 is 5.73 Å². The van der Waals surface area contributed by atoms with Gasteiger partial charge in [-0.05, 0) is 42.5 Å². The van der Waals surface area contributed by atoms with Crippen LogP contribution in [-0.2, 0) is 0 Å². The number of hydrogen-bond donors (Lipinski definition) is 2. The number of aromatic nitrogens is 2.